The third kappa shape index (κ3) is 4.35. The monoisotopic (exact) mass is 449 g/mol. The molecule has 0 radical (unpaired) electrons. The van der Waals surface area contributed by atoms with Gasteiger partial charge in [-0.2, -0.15) is 0 Å². The van der Waals surface area contributed by atoms with Gasteiger partial charge in [-0.15, -0.1) is 10.2 Å². The molecule has 0 fully saturated rings. The van der Waals surface area contributed by atoms with Crippen LogP contribution in [0.5, 0.6) is 5.75 Å². The maximum atomic E-state index is 14.0. The lowest BCUT2D eigenvalue weighted by molar-refractivity contribution is -0.116. The molecule has 23 heavy (non-hydrogen) atoms. The summed E-state index contributed by atoms with van der Waals surface area (Å²) in [6, 6.07) is 2.79. The van der Waals surface area contributed by atoms with Crippen molar-refractivity contribution < 1.29 is 17.0 Å². The van der Waals surface area contributed by atoms with Crippen LogP contribution in [0.25, 0.3) is 10.9 Å². The number of allylic oxidation sites excluding steroid dienone is 1. The average molecular weight is 450 g/mol. The molecule has 0 aliphatic carbocycles. The van der Waals surface area contributed by atoms with Gasteiger partial charge in [0.15, 0.2) is 39.7 Å². The number of carbonyl (C=O) groups excluding carboxylic acids is 2. The fourth-order valence-corrected chi connectivity index (χ4v) is 2.25. The van der Waals surface area contributed by atoms with Gasteiger partial charge in [-0.1, -0.05) is 17.7 Å². The van der Waals surface area contributed by atoms with Crippen LogP contribution >= 0.6 is 34.6 Å². The highest BCUT2D eigenvalue weighted by Crippen LogP contribution is 2.33. The van der Waals surface area contributed by atoms with E-state index in [1.54, 1.807) is 23.0 Å². The molecule has 1 heterocycles. The van der Waals surface area contributed by atoms with Crippen molar-refractivity contribution in [1.82, 2.24) is 10.2 Å². The summed E-state index contributed by atoms with van der Waals surface area (Å²) in [5, 5.41) is 9.54. The molecule has 0 atom stereocenters. The molecule has 0 unspecified atom stereocenters. The van der Waals surface area contributed by atoms with Gasteiger partial charge in [0, 0.05) is 17.9 Å². The second-order valence-corrected chi connectivity index (χ2v) is 5.34. The summed E-state index contributed by atoms with van der Waals surface area (Å²) in [7, 11) is 0. The average Bonchev–Trinajstić information content (AvgIpc) is 2.50. The summed E-state index contributed by atoms with van der Waals surface area (Å²) in [5.41, 5.74) is 0.482. The van der Waals surface area contributed by atoms with E-state index >= 15 is 0 Å². The van der Waals surface area contributed by atoms with Crippen molar-refractivity contribution in [3.8, 4) is 5.75 Å². The number of amides is 1. The second kappa shape index (κ2) is 7.64. The summed E-state index contributed by atoms with van der Waals surface area (Å²) in [5.74, 6) is -0.998. The van der Waals surface area contributed by atoms with Gasteiger partial charge in [0.1, 0.15) is 5.78 Å². The number of anilines is 1. The van der Waals surface area contributed by atoms with E-state index in [-0.39, 0.29) is 39.7 Å². The number of nitrogens with one attached hydrogen (secondary N) is 1. The Labute approximate surface area is 149 Å². The summed E-state index contributed by atoms with van der Waals surface area (Å²) < 4.78 is 19.1. The minimum absolute atomic E-state index is 0.0636. The third-order valence-electron chi connectivity index (χ3n) is 2.78. The highest BCUT2D eigenvalue weighted by atomic mass is 127. The minimum atomic E-state index is -0.737. The molecule has 1 amide bonds. The Morgan fingerprint density at radius 3 is 2.83 bits per heavy atom. The van der Waals surface area contributed by atoms with Gasteiger partial charge < -0.3 is 8.38 Å². The van der Waals surface area contributed by atoms with E-state index in [1.165, 1.54) is 31.2 Å². The molecule has 0 saturated heterocycles. The Morgan fingerprint density at radius 2 is 2.17 bits per heavy atom. The van der Waals surface area contributed by atoms with Crippen LogP contribution in [-0.2, 0) is 9.59 Å². The highest BCUT2D eigenvalue weighted by Gasteiger charge is 2.14. The molecule has 2 aromatic rings. The zero-order chi connectivity index (χ0) is 17.0. The van der Waals surface area contributed by atoms with E-state index in [0.717, 1.165) is 0 Å². The molecule has 6 nitrogen and oxygen atoms in total. The number of fused-ring (bicyclic) bond motifs is 1. The fourth-order valence-electron chi connectivity index (χ4n) is 1.75. The van der Waals surface area contributed by atoms with Crippen molar-refractivity contribution in [1.29, 1.82) is 0 Å². The number of ketones is 1. The van der Waals surface area contributed by atoms with E-state index in [1.807, 2.05) is 0 Å². The number of benzene rings is 1. The van der Waals surface area contributed by atoms with Gasteiger partial charge in [-0.05, 0) is 19.1 Å². The second-order valence-electron chi connectivity index (χ2n) is 4.55. The molecule has 120 valence electrons. The summed E-state index contributed by atoms with van der Waals surface area (Å²) in [6.45, 7) is 1.42. The van der Waals surface area contributed by atoms with Crippen LogP contribution < -0.4 is 8.38 Å². The first kappa shape index (κ1) is 17.5. The molecule has 0 aliphatic rings. The molecule has 1 N–H and O–H groups in total. The van der Waals surface area contributed by atoms with E-state index in [9.17, 15) is 14.0 Å². The zero-order valence-corrected chi connectivity index (χ0v) is 14.7. The predicted octanol–water partition coefficient (Wildman–Crippen LogP) is 3.62. The largest absolute Gasteiger partial charge is 0.425 e. The lowest BCUT2D eigenvalue weighted by Gasteiger charge is -2.09. The van der Waals surface area contributed by atoms with Gasteiger partial charge in [0.25, 0.3) is 0 Å². The Morgan fingerprint density at radius 1 is 1.43 bits per heavy atom. The van der Waals surface area contributed by atoms with Crippen molar-refractivity contribution >= 4 is 62.9 Å². The number of hydrogen-bond donors (Lipinski definition) is 1. The lowest BCUT2D eigenvalue weighted by Crippen LogP contribution is -2.09. The molecule has 9 heteroatoms. The number of rotatable bonds is 5. The van der Waals surface area contributed by atoms with Gasteiger partial charge >= 0.3 is 0 Å². The number of halogens is 3. The Balaban J connectivity index is 2.35. The quantitative estimate of drug-likeness (QED) is 0.557. The molecular weight excluding hydrogens is 440 g/mol. The lowest BCUT2D eigenvalue weighted by atomic mass is 10.2. The van der Waals surface area contributed by atoms with Gasteiger partial charge in [-0.3, -0.25) is 9.59 Å². The zero-order valence-electron chi connectivity index (χ0n) is 11.8. The topological polar surface area (TPSA) is 81.2 Å². The molecule has 0 bridgehead atoms. The Bertz CT molecular complexity index is 813. The SMILES string of the molecule is CC(=O)C/C=C/C(=O)Nc1cc2c(F)c(Cl)nnc2cc1OI. The van der Waals surface area contributed by atoms with E-state index in [4.69, 9.17) is 14.7 Å². The van der Waals surface area contributed by atoms with E-state index in [2.05, 4.69) is 15.5 Å². The maximum absolute atomic E-state index is 14.0. The van der Waals surface area contributed by atoms with E-state index < -0.39 is 11.7 Å². The van der Waals surface area contributed by atoms with Crippen molar-refractivity contribution in [2.75, 3.05) is 5.32 Å². The Kier molecular flexibility index (Phi) is 5.83. The van der Waals surface area contributed by atoms with Crippen LogP contribution in [0.15, 0.2) is 24.3 Å². The van der Waals surface area contributed by atoms with Gasteiger partial charge in [-0.25, -0.2) is 4.39 Å². The number of carbonyl (C=O) groups is 2. The molecule has 0 spiro atoms. The van der Waals surface area contributed by atoms with E-state index in [0.29, 0.717) is 0 Å². The number of hydrogen-bond acceptors (Lipinski definition) is 5. The molecular formula is C14H10ClFIN3O3. The van der Waals surface area contributed by atoms with Crippen molar-refractivity contribution in [2.45, 2.75) is 13.3 Å². The van der Waals surface area contributed by atoms with Crippen LogP contribution in [0, 0.1) is 5.82 Å². The minimum Gasteiger partial charge on any atom is -0.425 e. The smallest absolute Gasteiger partial charge is 0.248 e. The molecule has 1 aromatic heterocycles. The summed E-state index contributed by atoms with van der Waals surface area (Å²) in [6.07, 6.45) is 2.81. The standard InChI is InChI=1S/C14H10ClFIN3O3/c1-7(21)3-2-4-12(22)18-10-5-8-9(6-11(10)23-17)19-20-14(15)13(8)16/h2,4-6H,3H2,1H3,(H,18,22)/b4-2+. The Hall–Kier alpha value is -1.81. The van der Waals surface area contributed by atoms with Crippen molar-refractivity contribution in [2.24, 2.45) is 0 Å². The number of Topliss-reactive ketones (excluding diaryl/α,β-unsaturated/α-hetero) is 1. The summed E-state index contributed by atoms with van der Waals surface area (Å²) in [4.78, 5) is 22.7. The molecule has 0 aliphatic heterocycles. The predicted molar refractivity (Wildman–Crippen MR) is 92.2 cm³/mol. The highest BCUT2D eigenvalue weighted by molar-refractivity contribution is 14.1. The van der Waals surface area contributed by atoms with Crippen molar-refractivity contribution in [3.05, 3.63) is 35.3 Å². The van der Waals surface area contributed by atoms with Crippen LogP contribution in [0.1, 0.15) is 13.3 Å². The van der Waals surface area contributed by atoms with Crippen LogP contribution in [0.4, 0.5) is 10.1 Å². The first-order valence-electron chi connectivity index (χ1n) is 6.33. The first-order chi connectivity index (χ1) is 10.9. The normalized spacial score (nSPS) is 11.0. The van der Waals surface area contributed by atoms with Gasteiger partial charge in [0.05, 0.1) is 11.2 Å². The molecule has 2 rings (SSSR count). The third-order valence-corrected chi connectivity index (χ3v) is 3.49. The maximum Gasteiger partial charge on any atom is 0.248 e. The number of aromatic nitrogens is 2. The summed E-state index contributed by atoms with van der Waals surface area (Å²) >= 11 is 7.23. The number of nitrogens with zero attached hydrogens (tertiary/aromatic N) is 2. The van der Waals surface area contributed by atoms with Crippen molar-refractivity contribution in [3.63, 3.8) is 0 Å². The van der Waals surface area contributed by atoms with Crippen LogP contribution in [-0.4, -0.2) is 21.9 Å². The molecule has 1 aromatic carbocycles. The molecule has 0 saturated carbocycles. The van der Waals surface area contributed by atoms with Gasteiger partial charge in [0.2, 0.25) is 5.91 Å². The first-order valence-corrected chi connectivity index (χ1v) is 7.59. The van der Waals surface area contributed by atoms with Crippen LogP contribution in [0.3, 0.4) is 0 Å². The van der Waals surface area contributed by atoms with Crippen LogP contribution in [0.2, 0.25) is 5.15 Å². The fraction of sp³-hybridized carbons (Fsp3) is 0.143.